The van der Waals surface area contributed by atoms with Crippen molar-refractivity contribution in [1.29, 1.82) is 0 Å². The molecule has 5 nitrogen and oxygen atoms in total. The lowest BCUT2D eigenvalue weighted by Crippen LogP contribution is -2.40. The molecular weight excluding hydrogens is 405 g/mol. The molecule has 2 aromatic carbocycles. The topological polar surface area (TPSA) is 66.5 Å². The molecule has 3 rings (SSSR count). The van der Waals surface area contributed by atoms with Crippen molar-refractivity contribution >= 4 is 21.6 Å². The zero-order chi connectivity index (χ0) is 21.0. The van der Waals surface area contributed by atoms with E-state index >= 15 is 0 Å². The lowest BCUT2D eigenvalue weighted by Gasteiger charge is -2.32. The van der Waals surface area contributed by atoms with Gasteiger partial charge in [0.05, 0.1) is 4.90 Å². The van der Waals surface area contributed by atoms with Crippen LogP contribution < -0.4 is 5.32 Å². The third kappa shape index (κ3) is 5.36. The Balaban J connectivity index is 1.56. The molecule has 1 amide bonds. The van der Waals surface area contributed by atoms with Gasteiger partial charge in [0.1, 0.15) is 5.82 Å². The Morgan fingerprint density at radius 1 is 1.07 bits per heavy atom. The lowest BCUT2D eigenvalue weighted by molar-refractivity contribution is -0.116. The first-order valence-corrected chi connectivity index (χ1v) is 10.7. The summed E-state index contributed by atoms with van der Waals surface area (Å²) in [6.45, 7) is 0.648. The summed E-state index contributed by atoms with van der Waals surface area (Å²) in [5.41, 5.74) is 0.165. The van der Waals surface area contributed by atoms with Crippen LogP contribution in [0.5, 0.6) is 0 Å². The van der Waals surface area contributed by atoms with E-state index in [-0.39, 0.29) is 35.4 Å². The molecule has 0 bridgehead atoms. The van der Waals surface area contributed by atoms with Gasteiger partial charge in [0.15, 0.2) is 11.6 Å². The zero-order valence-electron chi connectivity index (χ0n) is 15.6. The summed E-state index contributed by atoms with van der Waals surface area (Å²) in [6, 6.07) is 7.81. The monoisotopic (exact) mass is 426 g/mol. The van der Waals surface area contributed by atoms with E-state index in [1.165, 1.54) is 22.5 Å². The number of carbonyl (C=O) groups excluding carboxylic acids is 1. The highest BCUT2D eigenvalue weighted by Gasteiger charge is 2.30. The number of anilines is 1. The van der Waals surface area contributed by atoms with Gasteiger partial charge in [-0.1, -0.05) is 0 Å². The van der Waals surface area contributed by atoms with E-state index in [1.54, 1.807) is 0 Å². The molecule has 1 saturated heterocycles. The van der Waals surface area contributed by atoms with Gasteiger partial charge in [-0.3, -0.25) is 4.79 Å². The molecule has 9 heteroatoms. The molecular formula is C20H21F3N2O3S. The van der Waals surface area contributed by atoms with Gasteiger partial charge < -0.3 is 5.32 Å². The van der Waals surface area contributed by atoms with Crippen LogP contribution in [0.15, 0.2) is 47.4 Å². The maximum atomic E-state index is 13.2. The molecule has 0 saturated carbocycles. The normalized spacial score (nSPS) is 17.8. The van der Waals surface area contributed by atoms with Gasteiger partial charge >= 0.3 is 0 Å². The maximum Gasteiger partial charge on any atom is 0.243 e. The molecule has 29 heavy (non-hydrogen) atoms. The van der Waals surface area contributed by atoms with E-state index < -0.39 is 27.5 Å². The van der Waals surface area contributed by atoms with Crippen LogP contribution in [0, 0.1) is 23.4 Å². The molecule has 0 radical (unpaired) electrons. The van der Waals surface area contributed by atoms with Gasteiger partial charge in [-0.15, -0.1) is 0 Å². The van der Waals surface area contributed by atoms with Crippen molar-refractivity contribution in [1.82, 2.24) is 4.31 Å². The summed E-state index contributed by atoms with van der Waals surface area (Å²) in [7, 11) is -3.72. The minimum Gasteiger partial charge on any atom is -0.326 e. The smallest absolute Gasteiger partial charge is 0.243 e. The molecule has 0 aliphatic carbocycles. The first-order valence-electron chi connectivity index (χ1n) is 9.26. The van der Waals surface area contributed by atoms with E-state index in [9.17, 15) is 26.4 Å². The molecule has 1 heterocycles. The summed E-state index contributed by atoms with van der Waals surface area (Å²) in [4.78, 5) is 12.1. The number of hydrogen-bond donors (Lipinski definition) is 1. The predicted molar refractivity (Wildman–Crippen MR) is 102 cm³/mol. The van der Waals surface area contributed by atoms with Crippen molar-refractivity contribution < 1.29 is 26.4 Å². The zero-order valence-corrected chi connectivity index (χ0v) is 16.4. The highest BCUT2D eigenvalue weighted by molar-refractivity contribution is 7.89. The second-order valence-electron chi connectivity index (χ2n) is 7.04. The predicted octanol–water partition coefficient (Wildman–Crippen LogP) is 3.92. The summed E-state index contributed by atoms with van der Waals surface area (Å²) in [5, 5.41) is 2.51. The van der Waals surface area contributed by atoms with Crippen molar-refractivity contribution in [3.63, 3.8) is 0 Å². The second kappa shape index (κ2) is 8.96. The average molecular weight is 426 g/mol. The highest BCUT2D eigenvalue weighted by Crippen LogP contribution is 2.26. The van der Waals surface area contributed by atoms with Crippen LogP contribution in [0.2, 0.25) is 0 Å². The number of amides is 1. The van der Waals surface area contributed by atoms with E-state index in [4.69, 9.17) is 0 Å². The first kappa shape index (κ1) is 21.3. The summed E-state index contributed by atoms with van der Waals surface area (Å²) in [5.74, 6) is -2.90. The minimum atomic E-state index is -3.72. The molecule has 1 atom stereocenters. The molecule has 1 unspecified atom stereocenters. The Bertz CT molecular complexity index is 981. The van der Waals surface area contributed by atoms with Crippen LogP contribution in [-0.2, 0) is 14.8 Å². The van der Waals surface area contributed by atoms with Crippen LogP contribution >= 0.6 is 0 Å². The van der Waals surface area contributed by atoms with E-state index in [1.807, 2.05) is 0 Å². The average Bonchev–Trinajstić information content (AvgIpc) is 2.70. The molecule has 1 fully saturated rings. The number of rotatable bonds is 6. The van der Waals surface area contributed by atoms with Gasteiger partial charge in [0.2, 0.25) is 15.9 Å². The Kier molecular flexibility index (Phi) is 6.59. The van der Waals surface area contributed by atoms with Crippen molar-refractivity contribution in [2.45, 2.75) is 30.6 Å². The third-order valence-electron chi connectivity index (χ3n) is 4.92. The Morgan fingerprint density at radius 2 is 1.79 bits per heavy atom. The number of hydrogen-bond acceptors (Lipinski definition) is 3. The molecule has 1 N–H and O–H groups in total. The van der Waals surface area contributed by atoms with Crippen molar-refractivity contribution in [2.24, 2.45) is 5.92 Å². The maximum absolute atomic E-state index is 13.2. The quantitative estimate of drug-likeness (QED) is 0.761. The van der Waals surface area contributed by atoms with Gasteiger partial charge in [0, 0.05) is 31.3 Å². The first-order chi connectivity index (χ1) is 13.8. The van der Waals surface area contributed by atoms with E-state index in [0.717, 1.165) is 30.7 Å². The van der Waals surface area contributed by atoms with Gasteiger partial charge in [-0.2, -0.15) is 4.31 Å². The number of nitrogens with one attached hydrogen (secondary N) is 1. The molecule has 0 aromatic heterocycles. The van der Waals surface area contributed by atoms with Crippen molar-refractivity contribution in [2.75, 3.05) is 18.4 Å². The SMILES string of the molecule is O=C(CCC1CCCN(S(=O)(=O)c2ccc(F)cc2)C1)Nc1ccc(F)c(F)c1. The van der Waals surface area contributed by atoms with Crippen LogP contribution in [0.4, 0.5) is 18.9 Å². The van der Waals surface area contributed by atoms with Gasteiger partial charge in [0.25, 0.3) is 0 Å². The fraction of sp³-hybridized carbons (Fsp3) is 0.350. The Labute approximate surface area is 167 Å². The highest BCUT2D eigenvalue weighted by atomic mass is 32.2. The number of nitrogens with zero attached hydrogens (tertiary/aromatic N) is 1. The molecule has 1 aliphatic heterocycles. The minimum absolute atomic E-state index is 0.00493. The van der Waals surface area contributed by atoms with E-state index in [0.29, 0.717) is 19.4 Å². The molecule has 0 spiro atoms. The number of piperidine rings is 1. The second-order valence-corrected chi connectivity index (χ2v) is 8.98. The fourth-order valence-electron chi connectivity index (χ4n) is 3.37. The summed E-state index contributed by atoms with van der Waals surface area (Å²) in [6.07, 6.45) is 2.04. The standard InChI is InChI=1S/C20H21F3N2O3S/c21-15-4-7-17(8-5-15)29(27,28)25-11-1-2-14(13-25)3-10-20(26)24-16-6-9-18(22)19(23)12-16/h4-9,12,14H,1-3,10-11,13H2,(H,24,26). The van der Waals surface area contributed by atoms with Gasteiger partial charge in [-0.05, 0) is 61.6 Å². The van der Waals surface area contributed by atoms with Crippen LogP contribution in [0.3, 0.4) is 0 Å². The molecule has 156 valence electrons. The molecule has 2 aromatic rings. The third-order valence-corrected chi connectivity index (χ3v) is 6.80. The van der Waals surface area contributed by atoms with Gasteiger partial charge in [-0.25, -0.2) is 21.6 Å². The largest absolute Gasteiger partial charge is 0.326 e. The Morgan fingerprint density at radius 3 is 2.48 bits per heavy atom. The van der Waals surface area contributed by atoms with Crippen LogP contribution in [0.25, 0.3) is 0 Å². The number of sulfonamides is 1. The van der Waals surface area contributed by atoms with Crippen molar-refractivity contribution in [3.05, 3.63) is 59.9 Å². The van der Waals surface area contributed by atoms with Crippen LogP contribution in [0.1, 0.15) is 25.7 Å². The fourth-order valence-corrected chi connectivity index (χ4v) is 4.92. The molecule has 1 aliphatic rings. The van der Waals surface area contributed by atoms with Crippen molar-refractivity contribution in [3.8, 4) is 0 Å². The van der Waals surface area contributed by atoms with Crippen LogP contribution in [-0.4, -0.2) is 31.7 Å². The lowest BCUT2D eigenvalue weighted by atomic mass is 9.94. The summed E-state index contributed by atoms with van der Waals surface area (Å²) >= 11 is 0. The number of carbonyl (C=O) groups is 1. The van der Waals surface area contributed by atoms with E-state index in [2.05, 4.69) is 5.32 Å². The summed E-state index contributed by atoms with van der Waals surface area (Å²) < 4.78 is 66.1. The number of halogens is 3. The Hall–Kier alpha value is -2.39. The number of benzene rings is 2.